The van der Waals surface area contributed by atoms with Gasteiger partial charge in [-0.1, -0.05) is 17.3 Å². The Balaban J connectivity index is 1.67. The van der Waals surface area contributed by atoms with Crippen LogP contribution in [0.1, 0.15) is 30.5 Å². The maximum Gasteiger partial charge on any atom is 0.230 e. The monoisotopic (exact) mass is 269 g/mol. The van der Waals surface area contributed by atoms with Crippen LogP contribution in [0.15, 0.2) is 22.9 Å². The highest BCUT2D eigenvalue weighted by atomic mass is 16.5. The average molecular weight is 269 g/mol. The van der Waals surface area contributed by atoms with Crippen LogP contribution in [-0.2, 0) is 0 Å². The van der Waals surface area contributed by atoms with E-state index in [9.17, 15) is 0 Å². The molecule has 3 atom stereocenters. The molecule has 2 N–H and O–H groups in total. The summed E-state index contributed by atoms with van der Waals surface area (Å²) in [5.41, 5.74) is 6.52. The smallest absolute Gasteiger partial charge is 0.230 e. The Hall–Kier alpha value is -2.24. The number of allylic oxidation sites excluding steroid dienone is 2. The number of fused-ring (bicyclic) bond motifs is 2. The predicted octanol–water partition coefficient (Wildman–Crippen LogP) is 2.10. The van der Waals surface area contributed by atoms with Crippen molar-refractivity contribution >= 4 is 5.82 Å². The van der Waals surface area contributed by atoms with E-state index in [1.807, 2.05) is 0 Å². The van der Waals surface area contributed by atoms with Gasteiger partial charge >= 0.3 is 0 Å². The Kier molecular flexibility index (Phi) is 2.39. The molecule has 2 aliphatic carbocycles. The number of aryl methyl sites for hydroxylation is 1. The number of rotatable bonds is 2. The van der Waals surface area contributed by atoms with Crippen molar-refractivity contribution in [2.45, 2.75) is 25.7 Å². The summed E-state index contributed by atoms with van der Waals surface area (Å²) in [4.78, 5) is 12.8. The fraction of sp³-hybridized carbons (Fsp3) is 0.429. The molecule has 0 radical (unpaired) electrons. The third-order valence-corrected chi connectivity index (χ3v) is 4.22. The number of nitrogens with zero attached hydrogens (tertiary/aromatic N) is 4. The van der Waals surface area contributed by atoms with Gasteiger partial charge in [-0.2, -0.15) is 4.98 Å². The molecule has 102 valence electrons. The summed E-state index contributed by atoms with van der Waals surface area (Å²) in [6.07, 6.45) is 8.52. The molecule has 6 heteroatoms. The maximum absolute atomic E-state index is 5.89. The molecule has 0 saturated heterocycles. The van der Waals surface area contributed by atoms with Gasteiger partial charge in [0, 0.05) is 12.1 Å². The first kappa shape index (κ1) is 11.6. The van der Waals surface area contributed by atoms with E-state index < -0.39 is 0 Å². The lowest BCUT2D eigenvalue weighted by Gasteiger charge is -2.12. The molecular formula is C14H15N5O. The van der Waals surface area contributed by atoms with Gasteiger partial charge in [0.05, 0.1) is 5.56 Å². The van der Waals surface area contributed by atoms with Gasteiger partial charge in [0.1, 0.15) is 11.6 Å². The van der Waals surface area contributed by atoms with E-state index in [0.29, 0.717) is 46.7 Å². The third kappa shape index (κ3) is 1.71. The molecule has 2 heterocycles. The normalized spacial score (nSPS) is 27.4. The fourth-order valence-electron chi connectivity index (χ4n) is 3.22. The van der Waals surface area contributed by atoms with Crippen molar-refractivity contribution in [3.63, 3.8) is 0 Å². The minimum Gasteiger partial charge on any atom is -0.383 e. The second-order valence-electron chi connectivity index (χ2n) is 5.56. The summed E-state index contributed by atoms with van der Waals surface area (Å²) in [7, 11) is 0. The minimum absolute atomic E-state index is 0.346. The van der Waals surface area contributed by atoms with E-state index in [0.717, 1.165) is 6.42 Å². The van der Waals surface area contributed by atoms with E-state index in [4.69, 9.17) is 10.3 Å². The third-order valence-electron chi connectivity index (χ3n) is 4.22. The van der Waals surface area contributed by atoms with Gasteiger partial charge < -0.3 is 10.3 Å². The SMILES string of the molecule is Cc1ncc(-c2noc(C3CC4C=CC3C4)n2)c(N)n1. The number of anilines is 1. The van der Waals surface area contributed by atoms with Crippen LogP contribution < -0.4 is 5.73 Å². The zero-order valence-corrected chi connectivity index (χ0v) is 11.2. The van der Waals surface area contributed by atoms with Crippen LogP contribution in [0.3, 0.4) is 0 Å². The molecule has 2 bridgehead atoms. The molecule has 1 saturated carbocycles. The first-order valence-corrected chi connectivity index (χ1v) is 6.82. The Morgan fingerprint density at radius 1 is 1.25 bits per heavy atom. The van der Waals surface area contributed by atoms with Crippen molar-refractivity contribution in [1.82, 2.24) is 20.1 Å². The predicted molar refractivity (Wildman–Crippen MR) is 72.6 cm³/mol. The molecular weight excluding hydrogens is 254 g/mol. The standard InChI is InChI=1S/C14H15N5O/c1-7-16-6-11(12(15)17-7)13-18-14(20-19-13)10-5-8-2-3-9(10)4-8/h2-3,6,8-10H,4-5H2,1H3,(H2,15,16,17). The molecule has 4 rings (SSSR count). The highest BCUT2D eigenvalue weighted by Gasteiger charge is 2.39. The average Bonchev–Trinajstić information content (AvgIpc) is 3.14. The van der Waals surface area contributed by atoms with Crippen molar-refractivity contribution in [2.24, 2.45) is 11.8 Å². The molecule has 0 amide bonds. The summed E-state index contributed by atoms with van der Waals surface area (Å²) in [5.74, 6) is 3.76. The Labute approximate surface area is 116 Å². The van der Waals surface area contributed by atoms with Gasteiger partial charge in [0.25, 0.3) is 0 Å². The lowest BCUT2D eigenvalue weighted by atomic mass is 9.94. The van der Waals surface area contributed by atoms with Crippen molar-refractivity contribution in [3.05, 3.63) is 30.1 Å². The molecule has 2 aromatic heterocycles. The van der Waals surface area contributed by atoms with E-state index in [-0.39, 0.29) is 0 Å². The van der Waals surface area contributed by atoms with Crippen LogP contribution in [-0.4, -0.2) is 20.1 Å². The molecule has 1 fully saturated rings. The van der Waals surface area contributed by atoms with Crippen LogP contribution >= 0.6 is 0 Å². The van der Waals surface area contributed by atoms with Crippen molar-refractivity contribution in [3.8, 4) is 11.4 Å². The number of hydrogen-bond donors (Lipinski definition) is 1. The molecule has 20 heavy (non-hydrogen) atoms. The van der Waals surface area contributed by atoms with E-state index in [1.165, 1.54) is 6.42 Å². The van der Waals surface area contributed by atoms with Crippen LogP contribution in [0.25, 0.3) is 11.4 Å². The highest BCUT2D eigenvalue weighted by molar-refractivity contribution is 5.66. The molecule has 0 aromatic carbocycles. The van der Waals surface area contributed by atoms with Gasteiger partial charge in [-0.3, -0.25) is 0 Å². The van der Waals surface area contributed by atoms with E-state index in [2.05, 4.69) is 32.3 Å². The topological polar surface area (TPSA) is 90.7 Å². The first-order valence-electron chi connectivity index (χ1n) is 6.82. The largest absolute Gasteiger partial charge is 0.383 e. The Morgan fingerprint density at radius 2 is 2.15 bits per heavy atom. The number of nitrogen functional groups attached to an aromatic ring is 1. The lowest BCUT2D eigenvalue weighted by Crippen LogP contribution is -2.05. The zero-order chi connectivity index (χ0) is 13.7. The molecule has 6 nitrogen and oxygen atoms in total. The van der Waals surface area contributed by atoms with Crippen LogP contribution in [0.4, 0.5) is 5.82 Å². The summed E-state index contributed by atoms with van der Waals surface area (Å²) in [6, 6.07) is 0. The molecule has 3 unspecified atom stereocenters. The zero-order valence-electron chi connectivity index (χ0n) is 11.2. The number of nitrogens with two attached hydrogens (primary N) is 1. The van der Waals surface area contributed by atoms with Gasteiger partial charge in [-0.25, -0.2) is 9.97 Å². The van der Waals surface area contributed by atoms with Crippen molar-refractivity contribution in [1.29, 1.82) is 0 Å². The first-order chi connectivity index (χ1) is 9.70. The van der Waals surface area contributed by atoms with Crippen LogP contribution in [0.5, 0.6) is 0 Å². The second-order valence-corrected chi connectivity index (χ2v) is 5.56. The highest BCUT2D eigenvalue weighted by Crippen LogP contribution is 2.48. The molecule has 2 aromatic rings. The minimum atomic E-state index is 0.346. The van der Waals surface area contributed by atoms with E-state index in [1.54, 1.807) is 13.1 Å². The van der Waals surface area contributed by atoms with Gasteiger partial charge in [-0.15, -0.1) is 0 Å². The van der Waals surface area contributed by atoms with E-state index >= 15 is 0 Å². The summed E-state index contributed by atoms with van der Waals surface area (Å²) < 4.78 is 5.43. The molecule has 2 aliphatic rings. The molecule has 0 aliphatic heterocycles. The van der Waals surface area contributed by atoms with Crippen LogP contribution in [0.2, 0.25) is 0 Å². The fourth-order valence-corrected chi connectivity index (χ4v) is 3.22. The quantitative estimate of drug-likeness (QED) is 0.839. The van der Waals surface area contributed by atoms with Crippen molar-refractivity contribution < 1.29 is 4.52 Å². The van der Waals surface area contributed by atoms with Gasteiger partial charge in [0.15, 0.2) is 0 Å². The number of aromatic nitrogens is 4. The van der Waals surface area contributed by atoms with Crippen molar-refractivity contribution in [2.75, 3.05) is 5.73 Å². The van der Waals surface area contributed by atoms with Gasteiger partial charge in [0.2, 0.25) is 11.7 Å². The molecule has 0 spiro atoms. The maximum atomic E-state index is 5.89. The number of hydrogen-bond acceptors (Lipinski definition) is 6. The Bertz CT molecular complexity index is 693. The lowest BCUT2D eigenvalue weighted by molar-refractivity contribution is 0.337. The van der Waals surface area contributed by atoms with Crippen LogP contribution in [0, 0.1) is 18.8 Å². The summed E-state index contributed by atoms with van der Waals surface area (Å²) in [5, 5.41) is 4.03. The van der Waals surface area contributed by atoms with Gasteiger partial charge in [-0.05, 0) is 31.6 Å². The Morgan fingerprint density at radius 3 is 2.85 bits per heavy atom. The second kappa shape index (κ2) is 4.13. The summed E-state index contributed by atoms with van der Waals surface area (Å²) in [6.45, 7) is 1.80. The summed E-state index contributed by atoms with van der Waals surface area (Å²) >= 11 is 0.